The number of hydrogen-bond donors (Lipinski definition) is 1. The number of carbonyl (C=O) groups excluding carboxylic acids is 1. The van der Waals surface area contributed by atoms with E-state index in [0.717, 1.165) is 30.5 Å². The molecule has 8 heteroatoms. The van der Waals surface area contributed by atoms with Crippen LogP contribution in [0.2, 0.25) is 5.02 Å². The molecule has 30 heavy (non-hydrogen) atoms. The maximum atomic E-state index is 14.2. The van der Waals surface area contributed by atoms with Crippen molar-refractivity contribution in [3.63, 3.8) is 0 Å². The van der Waals surface area contributed by atoms with Crippen molar-refractivity contribution in [2.45, 2.75) is 51.6 Å². The third kappa shape index (κ3) is 4.51. The fourth-order valence-electron chi connectivity index (χ4n) is 4.51. The second kappa shape index (κ2) is 8.76. The van der Waals surface area contributed by atoms with E-state index in [1.807, 2.05) is 4.90 Å². The quantitative estimate of drug-likeness (QED) is 0.776. The zero-order valence-corrected chi connectivity index (χ0v) is 17.4. The van der Waals surface area contributed by atoms with Crippen LogP contribution in [0.5, 0.6) is 0 Å². The Kier molecular flexibility index (Phi) is 6.09. The van der Waals surface area contributed by atoms with Gasteiger partial charge in [0.05, 0.1) is 30.9 Å². The van der Waals surface area contributed by atoms with Crippen LogP contribution in [0.1, 0.15) is 48.9 Å². The molecule has 1 amide bonds. The molecule has 160 valence electrons. The van der Waals surface area contributed by atoms with E-state index in [-0.39, 0.29) is 23.6 Å². The summed E-state index contributed by atoms with van der Waals surface area (Å²) < 4.78 is 16.0. The fraction of sp³-hybridized carbons (Fsp3) is 0.500. The van der Waals surface area contributed by atoms with Crippen LogP contribution in [-0.4, -0.2) is 38.2 Å². The van der Waals surface area contributed by atoms with Crippen LogP contribution in [0, 0.1) is 17.7 Å². The Balaban J connectivity index is 1.39. The van der Waals surface area contributed by atoms with Crippen LogP contribution < -0.4 is 0 Å². The Morgan fingerprint density at radius 1 is 1.23 bits per heavy atom. The number of nitrogens with zero attached hydrogens (tertiary/aromatic N) is 3. The lowest BCUT2D eigenvalue weighted by molar-refractivity contribution is -0.143. The van der Waals surface area contributed by atoms with E-state index in [0.29, 0.717) is 49.5 Å². The predicted molar refractivity (Wildman–Crippen MR) is 110 cm³/mol. The van der Waals surface area contributed by atoms with Gasteiger partial charge in [-0.15, -0.1) is 0 Å². The van der Waals surface area contributed by atoms with Crippen LogP contribution >= 0.6 is 11.6 Å². The number of fused-ring (bicyclic) bond motifs is 1. The van der Waals surface area contributed by atoms with Crippen LogP contribution in [0.3, 0.4) is 0 Å². The Labute approximate surface area is 179 Å². The number of benzene rings is 1. The highest BCUT2D eigenvalue weighted by Gasteiger charge is 2.30. The molecule has 2 heterocycles. The predicted octanol–water partition coefficient (Wildman–Crippen LogP) is 3.89. The van der Waals surface area contributed by atoms with E-state index in [2.05, 4.69) is 5.10 Å². The minimum absolute atomic E-state index is 0.102. The third-order valence-electron chi connectivity index (χ3n) is 6.37. The van der Waals surface area contributed by atoms with Crippen molar-refractivity contribution in [3.8, 4) is 0 Å². The number of amides is 1. The third-order valence-corrected chi connectivity index (χ3v) is 6.61. The van der Waals surface area contributed by atoms with E-state index >= 15 is 0 Å². The largest absolute Gasteiger partial charge is 0.481 e. The molecule has 1 N–H and O–H groups in total. The Morgan fingerprint density at radius 2 is 2.00 bits per heavy atom. The second-order valence-electron chi connectivity index (χ2n) is 8.34. The van der Waals surface area contributed by atoms with Gasteiger partial charge in [-0.3, -0.25) is 14.3 Å². The molecule has 1 aliphatic heterocycles. The number of rotatable bonds is 5. The van der Waals surface area contributed by atoms with Gasteiger partial charge in [0, 0.05) is 23.6 Å². The van der Waals surface area contributed by atoms with Crippen LogP contribution in [0.25, 0.3) is 0 Å². The van der Waals surface area contributed by atoms with Gasteiger partial charge in [-0.2, -0.15) is 5.10 Å². The maximum absolute atomic E-state index is 14.2. The first-order valence-electron chi connectivity index (χ1n) is 10.4. The molecule has 0 radical (unpaired) electrons. The van der Waals surface area contributed by atoms with Crippen LogP contribution in [0.15, 0.2) is 24.4 Å². The van der Waals surface area contributed by atoms with Crippen molar-refractivity contribution in [1.29, 1.82) is 0 Å². The summed E-state index contributed by atoms with van der Waals surface area (Å²) in [7, 11) is 0. The molecule has 2 aromatic rings. The summed E-state index contributed by atoms with van der Waals surface area (Å²) in [5, 5.41) is 13.9. The van der Waals surface area contributed by atoms with Gasteiger partial charge in [-0.25, -0.2) is 4.39 Å². The minimum atomic E-state index is -0.728. The maximum Gasteiger partial charge on any atom is 0.306 e. The smallest absolute Gasteiger partial charge is 0.306 e. The number of halogens is 2. The summed E-state index contributed by atoms with van der Waals surface area (Å²) >= 11 is 5.84. The lowest BCUT2D eigenvalue weighted by Crippen LogP contribution is -2.38. The first kappa shape index (κ1) is 20.8. The van der Waals surface area contributed by atoms with Crippen LogP contribution in [-0.2, 0) is 29.1 Å². The molecular formula is C22H25ClFN3O3. The van der Waals surface area contributed by atoms with Crippen molar-refractivity contribution in [2.75, 3.05) is 6.54 Å². The highest BCUT2D eigenvalue weighted by atomic mass is 35.5. The van der Waals surface area contributed by atoms with Gasteiger partial charge in [0.1, 0.15) is 5.82 Å². The number of carboxylic acid groups (broad SMARTS) is 1. The van der Waals surface area contributed by atoms with Gasteiger partial charge in [0.15, 0.2) is 0 Å². The summed E-state index contributed by atoms with van der Waals surface area (Å²) in [4.78, 5) is 25.8. The van der Waals surface area contributed by atoms with E-state index in [1.165, 1.54) is 6.07 Å². The van der Waals surface area contributed by atoms with Crippen molar-refractivity contribution >= 4 is 23.5 Å². The zero-order chi connectivity index (χ0) is 21.3. The van der Waals surface area contributed by atoms with Gasteiger partial charge in [0.25, 0.3) is 0 Å². The number of aromatic nitrogens is 2. The molecule has 0 spiro atoms. The zero-order valence-electron chi connectivity index (χ0n) is 16.7. The molecular weight excluding hydrogens is 409 g/mol. The average Bonchev–Trinajstić information content (AvgIpc) is 3.12. The molecule has 0 bridgehead atoms. The Bertz CT molecular complexity index is 953. The van der Waals surface area contributed by atoms with E-state index in [9.17, 15) is 14.0 Å². The summed E-state index contributed by atoms with van der Waals surface area (Å²) in [5.74, 6) is -1.01. The molecule has 1 aromatic carbocycles. The molecule has 0 unspecified atom stereocenters. The van der Waals surface area contributed by atoms with Crippen molar-refractivity contribution < 1.29 is 19.1 Å². The second-order valence-corrected chi connectivity index (χ2v) is 8.77. The Morgan fingerprint density at radius 3 is 2.70 bits per heavy atom. The molecule has 1 aromatic heterocycles. The summed E-state index contributed by atoms with van der Waals surface area (Å²) in [6, 6.07) is 4.61. The van der Waals surface area contributed by atoms with Crippen molar-refractivity contribution in [1.82, 2.24) is 14.7 Å². The SMILES string of the molecule is O=C(O)C1CCC(CC(=O)N2CCc3cnn(Cc4ccc(Cl)cc4F)c3C2)CC1. The first-order valence-corrected chi connectivity index (χ1v) is 10.8. The van der Waals surface area contributed by atoms with Crippen molar-refractivity contribution in [3.05, 3.63) is 52.1 Å². The molecule has 2 aliphatic rings. The topological polar surface area (TPSA) is 75.4 Å². The van der Waals surface area contributed by atoms with E-state index < -0.39 is 5.97 Å². The number of carboxylic acids is 1. The standard InChI is InChI=1S/C22H25ClFN3O3/c23-18-6-5-17(19(24)10-18)12-27-20-13-26(8-7-16(20)11-25-27)21(28)9-14-1-3-15(4-2-14)22(29)30/h5-6,10-11,14-15H,1-4,7-9,12-13H2,(H,29,30). The minimum Gasteiger partial charge on any atom is -0.481 e. The monoisotopic (exact) mass is 433 g/mol. The Hall–Kier alpha value is -2.41. The van der Waals surface area contributed by atoms with Crippen LogP contribution in [0.4, 0.5) is 4.39 Å². The lowest BCUT2D eigenvalue weighted by Gasteiger charge is -2.31. The molecule has 0 atom stereocenters. The number of carbonyl (C=O) groups is 2. The highest BCUT2D eigenvalue weighted by molar-refractivity contribution is 6.30. The highest BCUT2D eigenvalue weighted by Crippen LogP contribution is 2.32. The van der Waals surface area contributed by atoms with E-state index in [4.69, 9.17) is 16.7 Å². The molecule has 1 aliphatic carbocycles. The van der Waals surface area contributed by atoms with Gasteiger partial charge < -0.3 is 10.0 Å². The van der Waals surface area contributed by atoms with Gasteiger partial charge in [-0.05, 0) is 55.7 Å². The molecule has 1 saturated carbocycles. The van der Waals surface area contributed by atoms with Gasteiger partial charge in [-0.1, -0.05) is 17.7 Å². The van der Waals surface area contributed by atoms with Crippen molar-refractivity contribution in [2.24, 2.45) is 11.8 Å². The summed E-state index contributed by atoms with van der Waals surface area (Å²) in [6.07, 6.45) is 5.87. The van der Waals surface area contributed by atoms with E-state index in [1.54, 1.807) is 23.0 Å². The summed E-state index contributed by atoms with van der Waals surface area (Å²) in [5.41, 5.74) is 2.54. The molecule has 6 nitrogen and oxygen atoms in total. The van der Waals surface area contributed by atoms with Gasteiger partial charge in [0.2, 0.25) is 5.91 Å². The average molecular weight is 434 g/mol. The normalized spacial score (nSPS) is 21.3. The molecule has 4 rings (SSSR count). The number of hydrogen-bond acceptors (Lipinski definition) is 3. The number of aliphatic carboxylic acids is 1. The summed E-state index contributed by atoms with van der Waals surface area (Å²) in [6.45, 7) is 1.41. The lowest BCUT2D eigenvalue weighted by atomic mass is 9.80. The molecule has 0 saturated heterocycles. The first-order chi connectivity index (χ1) is 14.4. The fourth-order valence-corrected chi connectivity index (χ4v) is 4.67. The van der Waals surface area contributed by atoms with Gasteiger partial charge >= 0.3 is 5.97 Å². The molecule has 1 fully saturated rings.